The van der Waals surface area contributed by atoms with Gasteiger partial charge in [-0.1, -0.05) is 48.9 Å². The molecule has 5 heteroatoms. The minimum Gasteiger partial charge on any atom is -0.393 e. The van der Waals surface area contributed by atoms with E-state index in [1.807, 2.05) is 18.2 Å². The van der Waals surface area contributed by atoms with Crippen molar-refractivity contribution in [2.75, 3.05) is 18.1 Å². The van der Waals surface area contributed by atoms with E-state index >= 15 is 0 Å². The average Bonchev–Trinajstić information content (AvgIpc) is 3.40. The molecular formula is C28H36O3S2. The first-order valence-electron chi connectivity index (χ1n) is 12.8. The number of thioether (sulfide) groups is 2. The third-order valence-electron chi connectivity index (χ3n) is 9.76. The zero-order valence-corrected chi connectivity index (χ0v) is 21.3. The lowest BCUT2D eigenvalue weighted by atomic mass is 9.46. The third kappa shape index (κ3) is 3.59. The fourth-order valence-corrected chi connectivity index (χ4v) is 11.4. The molecule has 4 aliphatic carbocycles. The predicted molar refractivity (Wildman–Crippen MR) is 136 cm³/mol. The van der Waals surface area contributed by atoms with Gasteiger partial charge in [0.15, 0.2) is 0 Å². The fourth-order valence-electron chi connectivity index (χ4n) is 8.25. The number of allylic oxidation sites excluding steroid dienone is 1. The highest BCUT2D eigenvalue weighted by atomic mass is 32.2. The summed E-state index contributed by atoms with van der Waals surface area (Å²) in [6, 6.07) is 10.2. The number of Topliss-reactive ketones (excluding diaryl/α,β-unsaturated/α-hetero) is 1. The molecule has 0 bridgehead atoms. The summed E-state index contributed by atoms with van der Waals surface area (Å²) in [7, 11) is 0. The summed E-state index contributed by atoms with van der Waals surface area (Å²) in [6.45, 7) is 3.43. The van der Waals surface area contributed by atoms with Gasteiger partial charge >= 0.3 is 0 Å². The fraction of sp³-hybridized carbons (Fsp3) is 0.679. The molecule has 1 aromatic rings. The van der Waals surface area contributed by atoms with Crippen LogP contribution in [-0.4, -0.2) is 39.2 Å². The lowest BCUT2D eigenvalue weighted by Gasteiger charge is -2.60. The molecule has 0 aromatic heterocycles. The van der Waals surface area contributed by atoms with Gasteiger partial charge in [-0.2, -0.15) is 0 Å². The topological polar surface area (TPSA) is 46.5 Å². The molecule has 1 heterocycles. The van der Waals surface area contributed by atoms with Crippen LogP contribution in [0.1, 0.15) is 57.4 Å². The Bertz CT molecular complexity index is 940. The molecular weight excluding hydrogens is 448 g/mol. The Morgan fingerprint density at radius 3 is 2.67 bits per heavy atom. The van der Waals surface area contributed by atoms with Gasteiger partial charge in [-0.3, -0.25) is 4.79 Å². The number of carbonyl (C=O) groups excluding carboxylic acids is 1. The van der Waals surface area contributed by atoms with Crippen LogP contribution >= 0.6 is 23.5 Å². The number of hydrogen-bond donors (Lipinski definition) is 1. The number of ether oxygens (including phenoxy) is 1. The van der Waals surface area contributed by atoms with Crippen LogP contribution in [0, 0.1) is 28.6 Å². The maximum atomic E-state index is 13.3. The van der Waals surface area contributed by atoms with Gasteiger partial charge in [0.05, 0.1) is 28.8 Å². The summed E-state index contributed by atoms with van der Waals surface area (Å²) in [5, 5.41) is 11.7. The van der Waals surface area contributed by atoms with Crippen LogP contribution in [0.25, 0.3) is 0 Å². The Morgan fingerprint density at radius 1 is 1.09 bits per heavy atom. The Morgan fingerprint density at radius 2 is 1.88 bits per heavy atom. The smallest absolute Gasteiger partial charge is 0.141 e. The minimum atomic E-state index is -0.486. The van der Waals surface area contributed by atoms with Crippen molar-refractivity contribution in [3.8, 4) is 0 Å². The van der Waals surface area contributed by atoms with Crippen LogP contribution < -0.4 is 0 Å². The molecule has 1 saturated heterocycles. The van der Waals surface area contributed by atoms with Gasteiger partial charge in [0.1, 0.15) is 5.78 Å². The maximum Gasteiger partial charge on any atom is 0.141 e. The van der Waals surface area contributed by atoms with Crippen LogP contribution in [0.5, 0.6) is 0 Å². The highest BCUT2D eigenvalue weighted by Gasteiger charge is 2.64. The lowest BCUT2D eigenvalue weighted by molar-refractivity contribution is -0.161. The van der Waals surface area contributed by atoms with Crippen molar-refractivity contribution in [1.29, 1.82) is 0 Å². The summed E-state index contributed by atoms with van der Waals surface area (Å²) in [4.78, 5) is 13.3. The summed E-state index contributed by atoms with van der Waals surface area (Å²) in [6.07, 6.45) is 9.07. The van der Waals surface area contributed by atoms with Crippen molar-refractivity contribution in [2.24, 2.45) is 28.6 Å². The molecule has 1 aliphatic heterocycles. The SMILES string of the molecule is CC12CCC3(C=C1CCC1C2C(O)CC2(COCc4ccccc4)C(=O)CCC12)SCCS3. The van der Waals surface area contributed by atoms with Crippen molar-refractivity contribution in [3.63, 3.8) is 0 Å². The van der Waals surface area contributed by atoms with E-state index in [9.17, 15) is 9.90 Å². The molecule has 1 aromatic carbocycles. The molecule has 33 heavy (non-hydrogen) atoms. The Labute approximate surface area is 206 Å². The second-order valence-corrected chi connectivity index (χ2v) is 14.4. The largest absolute Gasteiger partial charge is 0.393 e. The van der Waals surface area contributed by atoms with Crippen molar-refractivity contribution < 1.29 is 14.6 Å². The maximum absolute atomic E-state index is 13.3. The minimum absolute atomic E-state index is 0.0833. The summed E-state index contributed by atoms with van der Waals surface area (Å²) in [5.41, 5.74) is 2.34. The van der Waals surface area contributed by atoms with Gasteiger partial charge < -0.3 is 9.84 Å². The summed E-state index contributed by atoms with van der Waals surface area (Å²) < 4.78 is 6.50. The first-order chi connectivity index (χ1) is 16.0. The van der Waals surface area contributed by atoms with Gasteiger partial charge in [-0.05, 0) is 67.3 Å². The second-order valence-electron chi connectivity index (χ2n) is 11.3. The van der Waals surface area contributed by atoms with Gasteiger partial charge in [0, 0.05) is 17.9 Å². The second kappa shape index (κ2) is 8.43. The number of carbonyl (C=O) groups is 1. The van der Waals surface area contributed by atoms with Crippen LogP contribution in [0.4, 0.5) is 0 Å². The zero-order chi connectivity index (χ0) is 22.7. The lowest BCUT2D eigenvalue weighted by Crippen LogP contribution is -2.58. The van der Waals surface area contributed by atoms with E-state index < -0.39 is 11.5 Å². The summed E-state index contributed by atoms with van der Waals surface area (Å²) >= 11 is 4.27. The van der Waals surface area contributed by atoms with Crippen molar-refractivity contribution >= 4 is 29.3 Å². The quantitative estimate of drug-likeness (QED) is 0.542. The average molecular weight is 485 g/mol. The zero-order valence-electron chi connectivity index (χ0n) is 19.6. The highest BCUT2D eigenvalue weighted by Crippen LogP contribution is 2.67. The number of rotatable bonds is 4. The molecule has 5 aliphatic rings. The van der Waals surface area contributed by atoms with Gasteiger partial charge in [0.2, 0.25) is 0 Å². The number of benzene rings is 1. The van der Waals surface area contributed by atoms with E-state index in [0.29, 0.717) is 47.8 Å². The third-order valence-corrected chi connectivity index (χ3v) is 13.2. The van der Waals surface area contributed by atoms with Crippen molar-refractivity contribution in [3.05, 3.63) is 47.5 Å². The number of hydrogen-bond acceptors (Lipinski definition) is 5. The van der Waals surface area contributed by atoms with Crippen LogP contribution in [-0.2, 0) is 16.1 Å². The van der Waals surface area contributed by atoms with Gasteiger partial charge in [-0.25, -0.2) is 0 Å². The van der Waals surface area contributed by atoms with Crippen LogP contribution in [0.2, 0.25) is 0 Å². The van der Waals surface area contributed by atoms with E-state index in [4.69, 9.17) is 4.74 Å². The summed E-state index contributed by atoms with van der Waals surface area (Å²) in [5.74, 6) is 3.93. The number of aliphatic hydroxyl groups excluding tert-OH is 1. The molecule has 4 fully saturated rings. The first-order valence-corrected chi connectivity index (χ1v) is 14.8. The normalized spacial score (nSPS) is 41.4. The Hall–Kier alpha value is -0.750. The van der Waals surface area contributed by atoms with Crippen molar-refractivity contribution in [1.82, 2.24) is 0 Å². The molecule has 6 unspecified atom stereocenters. The molecule has 0 amide bonds. The van der Waals surface area contributed by atoms with Crippen LogP contribution in [0.3, 0.4) is 0 Å². The Balaban J connectivity index is 1.26. The number of fused-ring (bicyclic) bond motifs is 5. The predicted octanol–water partition coefficient (Wildman–Crippen LogP) is 5.86. The van der Waals surface area contributed by atoms with E-state index in [-0.39, 0.29) is 11.3 Å². The van der Waals surface area contributed by atoms with E-state index in [2.05, 4.69) is 48.7 Å². The van der Waals surface area contributed by atoms with E-state index in [0.717, 1.165) is 24.8 Å². The van der Waals surface area contributed by atoms with Gasteiger partial charge in [0.25, 0.3) is 0 Å². The molecule has 3 nitrogen and oxygen atoms in total. The van der Waals surface area contributed by atoms with E-state index in [1.54, 1.807) is 5.57 Å². The van der Waals surface area contributed by atoms with Gasteiger partial charge in [-0.15, -0.1) is 23.5 Å². The molecule has 6 rings (SSSR count). The molecule has 1 N–H and O–H groups in total. The van der Waals surface area contributed by atoms with Crippen molar-refractivity contribution in [2.45, 2.75) is 68.7 Å². The number of ketones is 1. The van der Waals surface area contributed by atoms with Crippen LogP contribution in [0.15, 0.2) is 42.0 Å². The molecule has 3 saturated carbocycles. The number of aliphatic hydroxyl groups is 1. The van der Waals surface area contributed by atoms with E-state index in [1.165, 1.54) is 24.3 Å². The highest BCUT2D eigenvalue weighted by molar-refractivity contribution is 8.21. The Kier molecular flexibility index (Phi) is 5.80. The monoisotopic (exact) mass is 484 g/mol. The molecule has 178 valence electrons. The molecule has 0 radical (unpaired) electrons. The molecule has 6 atom stereocenters. The standard InChI is InChI=1S/C28H36O3S2/c1-26-11-12-28(32-13-14-33-28)15-20(26)7-8-21-22-9-10-24(30)27(22,16-23(29)25(21)26)18-31-17-19-5-3-2-4-6-19/h2-6,15,21-23,25,29H,7-14,16-18H2,1H3. The molecule has 1 spiro atoms. The first kappa shape index (κ1) is 22.7.